The fraction of sp³-hybridized carbons (Fsp3) is 0.600. The molecule has 6 nitrogen and oxygen atoms in total. The Bertz CT molecular complexity index is 800. The van der Waals surface area contributed by atoms with Gasteiger partial charge in [0.1, 0.15) is 0 Å². The molecule has 2 aliphatic heterocycles. The van der Waals surface area contributed by atoms with Crippen LogP contribution in [-0.2, 0) is 9.59 Å². The lowest BCUT2D eigenvalue weighted by Crippen LogP contribution is -2.56. The maximum absolute atomic E-state index is 12.9. The Kier molecular flexibility index (Phi) is 9.81. The number of rotatable bonds is 6. The van der Waals surface area contributed by atoms with Crippen LogP contribution in [0.3, 0.4) is 0 Å². The summed E-state index contributed by atoms with van der Waals surface area (Å²) in [5.41, 5.74) is 0.303. The van der Waals surface area contributed by atoms with Gasteiger partial charge < -0.3 is 9.80 Å². The van der Waals surface area contributed by atoms with Crippen LogP contribution in [0.15, 0.2) is 24.3 Å². The lowest BCUT2D eigenvalue weighted by Gasteiger charge is -2.43. The van der Waals surface area contributed by atoms with Gasteiger partial charge in [-0.15, -0.1) is 0 Å². The van der Waals surface area contributed by atoms with Crippen molar-refractivity contribution < 1.29 is 18.4 Å². The molecule has 3 fully saturated rings. The predicted octanol–water partition coefficient (Wildman–Crippen LogP) is 2.85. The van der Waals surface area contributed by atoms with Crippen molar-refractivity contribution in [3.63, 3.8) is 0 Å². The van der Waals surface area contributed by atoms with E-state index in [2.05, 4.69) is 9.80 Å². The molecular formula is C25H36F2N4O2. The van der Waals surface area contributed by atoms with Gasteiger partial charge in [0.15, 0.2) is 11.6 Å². The van der Waals surface area contributed by atoms with Gasteiger partial charge in [-0.25, -0.2) is 8.78 Å². The summed E-state index contributed by atoms with van der Waals surface area (Å²) in [4.78, 5) is 31.5. The normalized spacial score (nSPS) is 20.3. The molecule has 0 atom stereocenters. The van der Waals surface area contributed by atoms with E-state index in [9.17, 15) is 18.4 Å². The third-order valence-electron chi connectivity index (χ3n) is 6.69. The quantitative estimate of drug-likeness (QED) is 0.610. The predicted molar refractivity (Wildman–Crippen MR) is 126 cm³/mol. The molecule has 1 saturated carbocycles. The molecule has 182 valence electrons. The Labute approximate surface area is 195 Å². The Hall–Kier alpha value is -2.32. The largest absolute Gasteiger partial charge is 0.343 e. The molecule has 2 saturated heterocycles. The summed E-state index contributed by atoms with van der Waals surface area (Å²) in [6.07, 6.45) is 9.14. The summed E-state index contributed by atoms with van der Waals surface area (Å²) in [7, 11) is 0. The summed E-state index contributed by atoms with van der Waals surface area (Å²) >= 11 is 0. The molecule has 4 rings (SSSR count). The van der Waals surface area contributed by atoms with E-state index in [0.717, 1.165) is 77.3 Å². The van der Waals surface area contributed by atoms with Crippen molar-refractivity contribution >= 4 is 18.4 Å². The third kappa shape index (κ3) is 7.33. The number of allylic oxidation sites excluding steroid dienone is 1. The molecule has 0 unspecified atom stereocenters. The molecular weight excluding hydrogens is 426 g/mol. The molecule has 0 N–H and O–H groups in total. The molecule has 0 aromatic heterocycles. The minimum atomic E-state index is -0.798. The van der Waals surface area contributed by atoms with E-state index in [-0.39, 0.29) is 5.91 Å². The zero-order valence-electron chi connectivity index (χ0n) is 19.6. The van der Waals surface area contributed by atoms with E-state index < -0.39 is 11.6 Å². The first-order valence-corrected chi connectivity index (χ1v) is 12.1. The topological polar surface area (TPSA) is 47.1 Å². The van der Waals surface area contributed by atoms with Gasteiger partial charge in [-0.1, -0.05) is 37.6 Å². The number of hydrogen-bond acceptors (Lipinski definition) is 4. The number of nitrogens with zero attached hydrogens (tertiary/aromatic N) is 4. The van der Waals surface area contributed by atoms with Crippen molar-refractivity contribution in [1.29, 1.82) is 0 Å². The molecule has 0 bridgehead atoms. The van der Waals surface area contributed by atoms with Crippen LogP contribution in [0.5, 0.6) is 0 Å². The van der Waals surface area contributed by atoms with E-state index in [4.69, 9.17) is 0 Å². The molecule has 0 spiro atoms. The van der Waals surface area contributed by atoms with Gasteiger partial charge in [0.2, 0.25) is 12.3 Å². The van der Waals surface area contributed by atoms with E-state index in [1.165, 1.54) is 25.3 Å². The maximum atomic E-state index is 12.9. The van der Waals surface area contributed by atoms with Crippen LogP contribution in [0.2, 0.25) is 0 Å². The van der Waals surface area contributed by atoms with Crippen molar-refractivity contribution in [1.82, 2.24) is 19.6 Å². The van der Waals surface area contributed by atoms with Crippen LogP contribution >= 0.6 is 0 Å². The fourth-order valence-corrected chi connectivity index (χ4v) is 4.30. The molecule has 2 amide bonds. The Morgan fingerprint density at radius 1 is 1.03 bits per heavy atom. The third-order valence-corrected chi connectivity index (χ3v) is 6.69. The molecule has 1 aromatic rings. The van der Waals surface area contributed by atoms with E-state index in [1.54, 1.807) is 23.1 Å². The Morgan fingerprint density at radius 2 is 1.73 bits per heavy atom. The van der Waals surface area contributed by atoms with Crippen LogP contribution in [0.4, 0.5) is 8.78 Å². The smallest absolute Gasteiger partial charge is 0.236 e. The minimum absolute atomic E-state index is 0.253. The summed E-state index contributed by atoms with van der Waals surface area (Å²) in [6, 6.07) is 4.94. The molecule has 1 aliphatic carbocycles. The highest BCUT2D eigenvalue weighted by molar-refractivity contribution is 5.78. The number of benzene rings is 1. The van der Waals surface area contributed by atoms with Gasteiger partial charge in [-0.3, -0.25) is 19.4 Å². The SMILES string of the molecule is CC/C=C/c1cccc(F)c1F.O=CN1CCN(CC(=O)N2CCN(C3CCC3)CC2)CC1. The Balaban J connectivity index is 0.000000218. The average Bonchev–Trinajstić information content (AvgIpc) is 2.80. The monoisotopic (exact) mass is 462 g/mol. The number of amides is 2. The van der Waals surface area contributed by atoms with Crippen LogP contribution < -0.4 is 0 Å². The molecule has 33 heavy (non-hydrogen) atoms. The van der Waals surface area contributed by atoms with E-state index >= 15 is 0 Å². The molecule has 3 aliphatic rings. The van der Waals surface area contributed by atoms with Crippen LogP contribution in [-0.4, -0.2) is 96.9 Å². The number of piperazine rings is 2. The van der Waals surface area contributed by atoms with Gasteiger partial charge in [-0.2, -0.15) is 0 Å². The van der Waals surface area contributed by atoms with Gasteiger partial charge in [0, 0.05) is 64.0 Å². The first-order valence-electron chi connectivity index (χ1n) is 12.1. The van der Waals surface area contributed by atoms with Gasteiger partial charge in [-0.05, 0) is 25.3 Å². The highest BCUT2D eigenvalue weighted by atomic mass is 19.2. The van der Waals surface area contributed by atoms with Crippen LogP contribution in [0.25, 0.3) is 6.08 Å². The van der Waals surface area contributed by atoms with Gasteiger partial charge >= 0.3 is 0 Å². The number of hydrogen-bond donors (Lipinski definition) is 0. The summed E-state index contributed by atoms with van der Waals surface area (Å²) in [6.45, 7) is 9.39. The zero-order chi connectivity index (χ0) is 23.6. The summed E-state index contributed by atoms with van der Waals surface area (Å²) in [5, 5.41) is 0. The number of carbonyl (C=O) groups excluding carboxylic acids is 2. The lowest BCUT2D eigenvalue weighted by atomic mass is 9.91. The van der Waals surface area contributed by atoms with Crippen LogP contribution in [0.1, 0.15) is 38.2 Å². The van der Waals surface area contributed by atoms with Gasteiger partial charge in [0.25, 0.3) is 0 Å². The summed E-state index contributed by atoms with van der Waals surface area (Å²) < 4.78 is 25.5. The number of carbonyl (C=O) groups is 2. The highest BCUT2D eigenvalue weighted by Crippen LogP contribution is 2.25. The molecule has 8 heteroatoms. The first-order chi connectivity index (χ1) is 16.0. The Morgan fingerprint density at radius 3 is 2.30 bits per heavy atom. The first kappa shape index (κ1) is 25.3. The fourth-order valence-electron chi connectivity index (χ4n) is 4.30. The highest BCUT2D eigenvalue weighted by Gasteiger charge is 2.30. The summed E-state index contributed by atoms with van der Waals surface area (Å²) in [5.74, 6) is -1.32. The van der Waals surface area contributed by atoms with Crippen molar-refractivity contribution in [2.75, 3.05) is 58.9 Å². The average molecular weight is 463 g/mol. The zero-order valence-corrected chi connectivity index (χ0v) is 19.6. The minimum Gasteiger partial charge on any atom is -0.343 e. The van der Waals surface area contributed by atoms with Crippen molar-refractivity contribution in [2.45, 2.75) is 38.6 Å². The lowest BCUT2D eigenvalue weighted by molar-refractivity contribution is -0.135. The molecule has 2 heterocycles. The van der Waals surface area contributed by atoms with E-state index in [1.807, 2.05) is 11.8 Å². The van der Waals surface area contributed by atoms with Crippen molar-refractivity contribution in [3.8, 4) is 0 Å². The standard InChI is InChI=1S/C15H26N4O2.C10H10F2/c20-13-17-6-4-16(5-7-17)12-15(21)19-10-8-18(9-11-19)14-2-1-3-14;1-2-3-5-8-6-4-7-9(11)10(8)12/h13-14H,1-12H2;3-7H,2H2,1H3/b;5-3+. The van der Waals surface area contributed by atoms with Gasteiger partial charge in [0.05, 0.1) is 6.54 Å². The molecule has 1 aromatic carbocycles. The van der Waals surface area contributed by atoms with Crippen LogP contribution in [0, 0.1) is 11.6 Å². The van der Waals surface area contributed by atoms with Crippen molar-refractivity contribution in [2.24, 2.45) is 0 Å². The van der Waals surface area contributed by atoms with E-state index in [0.29, 0.717) is 12.1 Å². The second-order valence-electron chi connectivity index (χ2n) is 8.87. The van der Waals surface area contributed by atoms with Crippen molar-refractivity contribution in [3.05, 3.63) is 41.5 Å². The molecule has 0 radical (unpaired) electrons. The maximum Gasteiger partial charge on any atom is 0.236 e. The second-order valence-corrected chi connectivity index (χ2v) is 8.87. The second kappa shape index (κ2) is 12.8. The number of halogens is 2.